The number of carbonyl (C=O) groups is 2. The van der Waals surface area contributed by atoms with Crippen molar-refractivity contribution in [3.05, 3.63) is 83.3 Å². The zero-order valence-corrected chi connectivity index (χ0v) is 21.0. The molecule has 3 heterocycles. The normalized spacial score (nSPS) is 16.5. The molecule has 2 aromatic carbocycles. The van der Waals surface area contributed by atoms with E-state index >= 15 is 0 Å². The minimum Gasteiger partial charge on any atom is -0.352 e. The Bertz CT molecular complexity index is 1590. The second kappa shape index (κ2) is 9.11. The largest absolute Gasteiger partial charge is 0.416 e. The van der Waals surface area contributed by atoms with Gasteiger partial charge in [0.2, 0.25) is 0 Å². The van der Waals surface area contributed by atoms with Crippen molar-refractivity contribution in [2.75, 3.05) is 29.9 Å². The number of aromatic nitrogens is 3. The minimum atomic E-state index is -4.52. The Morgan fingerprint density at radius 2 is 1.87 bits per heavy atom. The number of hydrogen-bond donors (Lipinski definition) is 2. The summed E-state index contributed by atoms with van der Waals surface area (Å²) in [5, 5.41) is 3.47. The van der Waals surface area contributed by atoms with E-state index < -0.39 is 17.6 Å². The number of aromatic amines is 1. The molecule has 39 heavy (non-hydrogen) atoms. The highest BCUT2D eigenvalue weighted by molar-refractivity contribution is 6.07. The third kappa shape index (κ3) is 4.58. The number of rotatable bonds is 4. The summed E-state index contributed by atoms with van der Waals surface area (Å²) < 4.78 is 39.3. The zero-order chi connectivity index (χ0) is 27.4. The fraction of sp³-hybridized carbons (Fsp3) is 0.286. The van der Waals surface area contributed by atoms with Gasteiger partial charge in [-0.25, -0.2) is 9.97 Å². The molecular weight excluding hydrogens is 509 g/mol. The molecule has 2 N–H and O–H groups in total. The van der Waals surface area contributed by atoms with Gasteiger partial charge in [-0.05, 0) is 61.7 Å². The van der Waals surface area contributed by atoms with Crippen molar-refractivity contribution in [1.29, 1.82) is 0 Å². The van der Waals surface area contributed by atoms with E-state index in [1.165, 1.54) is 24.5 Å². The predicted molar refractivity (Wildman–Crippen MR) is 140 cm³/mol. The van der Waals surface area contributed by atoms with E-state index in [4.69, 9.17) is 0 Å². The summed E-state index contributed by atoms with van der Waals surface area (Å²) >= 11 is 0. The van der Waals surface area contributed by atoms with E-state index in [0.717, 1.165) is 41.8 Å². The van der Waals surface area contributed by atoms with E-state index in [9.17, 15) is 22.8 Å². The average molecular weight is 535 g/mol. The standard InChI is InChI=1S/C28H25F3N6O2/c1-17-5-6-18(13-22(17)25(38)35-20-4-2-3-19(14-20)28(29,30)31)26(39)37-12-11-36(15-27(37)8-9-27)24-21-7-10-32-23(21)33-16-34-24/h2-7,10,13-14,16H,8-9,11-12,15H2,1H3,(H,35,38)(H,32,33,34). The maximum absolute atomic E-state index is 13.7. The van der Waals surface area contributed by atoms with Gasteiger partial charge in [-0.1, -0.05) is 12.1 Å². The molecule has 1 aliphatic carbocycles. The van der Waals surface area contributed by atoms with E-state index in [2.05, 4.69) is 25.2 Å². The monoisotopic (exact) mass is 534 g/mol. The van der Waals surface area contributed by atoms with Gasteiger partial charge in [0, 0.05) is 42.6 Å². The SMILES string of the molecule is Cc1ccc(C(=O)N2CCN(c3ncnc4[nH]ccc34)CC23CC3)cc1C(=O)Nc1cccc(C(F)(F)F)c1. The molecule has 1 saturated carbocycles. The van der Waals surface area contributed by atoms with Crippen LogP contribution >= 0.6 is 0 Å². The number of alkyl halides is 3. The highest BCUT2D eigenvalue weighted by atomic mass is 19.4. The molecule has 1 aliphatic heterocycles. The Morgan fingerprint density at radius 1 is 1.05 bits per heavy atom. The fourth-order valence-electron chi connectivity index (χ4n) is 5.29. The molecule has 1 spiro atoms. The zero-order valence-electron chi connectivity index (χ0n) is 21.0. The van der Waals surface area contributed by atoms with Crippen LogP contribution in [-0.4, -0.2) is 56.8 Å². The van der Waals surface area contributed by atoms with E-state index in [0.29, 0.717) is 30.8 Å². The van der Waals surface area contributed by atoms with E-state index in [-0.39, 0.29) is 22.7 Å². The van der Waals surface area contributed by atoms with Crippen LogP contribution in [0.3, 0.4) is 0 Å². The molecular formula is C28H25F3N6O2. The molecule has 2 aromatic heterocycles. The molecule has 6 rings (SSSR count). The van der Waals surface area contributed by atoms with Crippen molar-refractivity contribution in [1.82, 2.24) is 19.9 Å². The molecule has 11 heteroatoms. The summed E-state index contributed by atoms with van der Waals surface area (Å²) in [6.45, 7) is 3.46. The van der Waals surface area contributed by atoms with Gasteiger partial charge in [0.15, 0.2) is 0 Å². The van der Waals surface area contributed by atoms with Gasteiger partial charge in [-0.2, -0.15) is 13.2 Å². The van der Waals surface area contributed by atoms with Crippen molar-refractivity contribution >= 4 is 34.4 Å². The molecule has 1 saturated heterocycles. The van der Waals surface area contributed by atoms with Crippen LogP contribution < -0.4 is 10.2 Å². The highest BCUT2D eigenvalue weighted by Gasteiger charge is 2.53. The first-order chi connectivity index (χ1) is 18.6. The van der Waals surface area contributed by atoms with Crippen molar-refractivity contribution in [3.8, 4) is 0 Å². The molecule has 0 radical (unpaired) electrons. The molecule has 4 aromatic rings. The van der Waals surface area contributed by atoms with E-state index in [1.807, 2.05) is 17.2 Å². The number of halogens is 3. The second-order valence-electron chi connectivity index (χ2n) is 10.1. The number of benzene rings is 2. The lowest BCUT2D eigenvalue weighted by Crippen LogP contribution is -2.57. The number of amides is 2. The summed E-state index contributed by atoms with van der Waals surface area (Å²) in [4.78, 5) is 42.7. The number of hydrogen-bond acceptors (Lipinski definition) is 5. The Kier molecular flexibility index (Phi) is 5.81. The fourth-order valence-corrected chi connectivity index (χ4v) is 5.29. The Balaban J connectivity index is 1.21. The Labute approximate surface area is 221 Å². The van der Waals surface area contributed by atoms with Gasteiger partial charge in [0.25, 0.3) is 11.8 Å². The number of fused-ring (bicyclic) bond motifs is 1. The molecule has 0 unspecified atom stereocenters. The molecule has 200 valence electrons. The first-order valence-corrected chi connectivity index (χ1v) is 12.6. The summed E-state index contributed by atoms with van der Waals surface area (Å²) in [5.41, 5.74) is 0.838. The van der Waals surface area contributed by atoms with E-state index in [1.54, 1.807) is 19.1 Å². The van der Waals surface area contributed by atoms with Gasteiger partial charge in [-0.15, -0.1) is 0 Å². The van der Waals surface area contributed by atoms with Gasteiger partial charge in [0.05, 0.1) is 16.5 Å². The van der Waals surface area contributed by atoms with Gasteiger partial charge in [-0.3, -0.25) is 9.59 Å². The molecule has 0 atom stereocenters. The van der Waals surface area contributed by atoms with Crippen molar-refractivity contribution < 1.29 is 22.8 Å². The first kappa shape index (κ1) is 24.9. The third-order valence-electron chi connectivity index (χ3n) is 7.53. The van der Waals surface area contributed by atoms with Crippen LogP contribution in [0, 0.1) is 6.92 Å². The summed E-state index contributed by atoms with van der Waals surface area (Å²) in [7, 11) is 0. The number of H-pyrrole nitrogens is 1. The van der Waals surface area contributed by atoms with Crippen LogP contribution in [-0.2, 0) is 6.18 Å². The molecule has 8 nitrogen and oxygen atoms in total. The lowest BCUT2D eigenvalue weighted by Gasteiger charge is -2.43. The number of carbonyl (C=O) groups excluding carboxylic acids is 2. The number of piperazine rings is 1. The number of anilines is 2. The Hall–Kier alpha value is -4.41. The lowest BCUT2D eigenvalue weighted by atomic mass is 10.0. The van der Waals surface area contributed by atoms with Crippen LogP contribution in [0.15, 0.2) is 61.1 Å². The first-order valence-electron chi connectivity index (χ1n) is 12.6. The Morgan fingerprint density at radius 3 is 2.64 bits per heavy atom. The second-order valence-corrected chi connectivity index (χ2v) is 10.1. The summed E-state index contributed by atoms with van der Waals surface area (Å²) in [5.74, 6) is 0.0879. The average Bonchev–Trinajstić information content (AvgIpc) is 3.49. The van der Waals surface area contributed by atoms with Crippen LogP contribution in [0.5, 0.6) is 0 Å². The molecule has 2 fully saturated rings. The van der Waals surface area contributed by atoms with Crippen molar-refractivity contribution in [2.24, 2.45) is 0 Å². The van der Waals surface area contributed by atoms with Crippen LogP contribution in [0.4, 0.5) is 24.7 Å². The third-order valence-corrected chi connectivity index (χ3v) is 7.53. The van der Waals surface area contributed by atoms with Gasteiger partial charge < -0.3 is 20.1 Å². The molecule has 2 amide bonds. The topological polar surface area (TPSA) is 94.2 Å². The highest BCUT2D eigenvalue weighted by Crippen LogP contribution is 2.46. The number of nitrogens with zero attached hydrogens (tertiary/aromatic N) is 4. The quantitative estimate of drug-likeness (QED) is 0.383. The van der Waals surface area contributed by atoms with Crippen LogP contribution in [0.1, 0.15) is 44.7 Å². The maximum Gasteiger partial charge on any atom is 0.416 e. The molecule has 0 bridgehead atoms. The number of aryl methyl sites for hydroxylation is 1. The van der Waals surface area contributed by atoms with Crippen LogP contribution in [0.2, 0.25) is 0 Å². The van der Waals surface area contributed by atoms with Crippen LogP contribution in [0.25, 0.3) is 11.0 Å². The van der Waals surface area contributed by atoms with Crippen molar-refractivity contribution in [3.63, 3.8) is 0 Å². The summed E-state index contributed by atoms with van der Waals surface area (Å²) in [6.07, 6.45) is 0.570. The smallest absolute Gasteiger partial charge is 0.352 e. The minimum absolute atomic E-state index is 0.0280. The van der Waals surface area contributed by atoms with Gasteiger partial charge >= 0.3 is 6.18 Å². The predicted octanol–water partition coefficient (Wildman–Crippen LogP) is 5.03. The van der Waals surface area contributed by atoms with Gasteiger partial charge in [0.1, 0.15) is 17.8 Å². The maximum atomic E-state index is 13.7. The summed E-state index contributed by atoms with van der Waals surface area (Å²) in [6, 6.07) is 11.3. The molecule has 2 aliphatic rings. The lowest BCUT2D eigenvalue weighted by molar-refractivity contribution is -0.137. The number of nitrogens with one attached hydrogen (secondary N) is 2. The van der Waals surface area contributed by atoms with Crippen molar-refractivity contribution in [2.45, 2.75) is 31.5 Å².